The van der Waals surface area contributed by atoms with Crippen LogP contribution in [-0.4, -0.2) is 9.55 Å². The summed E-state index contributed by atoms with van der Waals surface area (Å²) in [4.78, 5) is 4.43. The molecule has 0 aliphatic carbocycles. The Balaban J connectivity index is 2.26. The summed E-state index contributed by atoms with van der Waals surface area (Å²) in [5.74, 6) is -0.239. The van der Waals surface area contributed by atoms with E-state index in [9.17, 15) is 4.39 Å². The van der Waals surface area contributed by atoms with E-state index in [4.69, 9.17) is 0 Å². The smallest absolute Gasteiger partial charge is 0.123 e. The van der Waals surface area contributed by atoms with Crippen LogP contribution in [0.4, 0.5) is 4.39 Å². The first-order valence-corrected chi connectivity index (χ1v) is 6.69. The van der Waals surface area contributed by atoms with Crippen molar-refractivity contribution in [1.29, 1.82) is 0 Å². The Labute approximate surface area is 117 Å². The van der Waals surface area contributed by atoms with Crippen LogP contribution in [0.3, 0.4) is 0 Å². The van der Waals surface area contributed by atoms with E-state index in [-0.39, 0.29) is 11.4 Å². The third-order valence-electron chi connectivity index (χ3n) is 3.44. The summed E-state index contributed by atoms with van der Waals surface area (Å²) in [7, 11) is 0. The van der Waals surface area contributed by atoms with Crippen molar-refractivity contribution in [2.45, 2.75) is 26.3 Å². The highest BCUT2D eigenvalue weighted by Crippen LogP contribution is 2.30. The quantitative estimate of drug-likeness (QED) is 0.630. The van der Waals surface area contributed by atoms with E-state index in [0.717, 1.165) is 22.2 Å². The number of nitrogens with zero attached hydrogens (tertiary/aromatic N) is 2. The molecule has 3 aromatic rings. The molecule has 0 spiro atoms. The Hall–Kier alpha value is -2.16. The van der Waals surface area contributed by atoms with Gasteiger partial charge in [0.05, 0.1) is 11.2 Å². The van der Waals surface area contributed by atoms with E-state index in [1.807, 2.05) is 18.2 Å². The summed E-state index contributed by atoms with van der Waals surface area (Å²) in [5, 5.41) is 1.05. The number of rotatable bonds is 1. The molecule has 3 heteroatoms. The maximum Gasteiger partial charge on any atom is 0.123 e. The fourth-order valence-corrected chi connectivity index (χ4v) is 2.52. The molecule has 0 saturated carbocycles. The van der Waals surface area contributed by atoms with Crippen LogP contribution in [0, 0.1) is 5.82 Å². The number of hydrogen-bond donors (Lipinski definition) is 0. The average Bonchev–Trinajstić information content (AvgIpc) is 2.82. The van der Waals surface area contributed by atoms with Crippen molar-refractivity contribution >= 4 is 10.9 Å². The number of pyridine rings is 1. The number of benzene rings is 1. The maximum atomic E-state index is 13.4. The fraction of sp³-hybridized carbons (Fsp3) is 0.235. The Morgan fingerprint density at radius 2 is 1.90 bits per heavy atom. The molecule has 0 unspecified atom stereocenters. The van der Waals surface area contributed by atoms with E-state index in [1.165, 1.54) is 12.1 Å². The van der Waals surface area contributed by atoms with Crippen LogP contribution in [0.2, 0.25) is 0 Å². The first-order chi connectivity index (χ1) is 9.47. The minimum absolute atomic E-state index is 0.00229. The Bertz CT molecular complexity index is 766. The minimum Gasteiger partial charge on any atom is -0.342 e. The molecule has 2 nitrogen and oxygen atoms in total. The SMILES string of the molecule is CC(C)(C)n1ccc2c(-c3cccc(F)c3)nccc21. The molecule has 0 fully saturated rings. The Morgan fingerprint density at radius 1 is 1.10 bits per heavy atom. The van der Waals surface area contributed by atoms with E-state index in [0.29, 0.717) is 0 Å². The highest BCUT2D eigenvalue weighted by Gasteiger charge is 2.17. The molecule has 0 atom stereocenters. The van der Waals surface area contributed by atoms with Gasteiger partial charge in [-0.15, -0.1) is 0 Å². The molecule has 2 aromatic heterocycles. The van der Waals surface area contributed by atoms with Crippen molar-refractivity contribution in [3.63, 3.8) is 0 Å². The largest absolute Gasteiger partial charge is 0.342 e. The molecule has 102 valence electrons. The van der Waals surface area contributed by atoms with Crippen molar-refractivity contribution in [2.24, 2.45) is 0 Å². The average molecular weight is 268 g/mol. The lowest BCUT2D eigenvalue weighted by atomic mass is 10.1. The number of hydrogen-bond acceptors (Lipinski definition) is 1. The van der Waals surface area contributed by atoms with Crippen LogP contribution in [-0.2, 0) is 5.54 Å². The molecular weight excluding hydrogens is 251 g/mol. The van der Waals surface area contributed by atoms with Crippen LogP contribution < -0.4 is 0 Å². The zero-order chi connectivity index (χ0) is 14.3. The summed E-state index contributed by atoms with van der Waals surface area (Å²) in [5.41, 5.74) is 2.75. The van der Waals surface area contributed by atoms with Crippen molar-refractivity contribution in [3.8, 4) is 11.3 Å². The second-order valence-electron chi connectivity index (χ2n) is 5.96. The highest BCUT2D eigenvalue weighted by molar-refractivity contribution is 5.93. The predicted octanol–water partition coefficient (Wildman–Crippen LogP) is 4.60. The third-order valence-corrected chi connectivity index (χ3v) is 3.44. The molecule has 0 bridgehead atoms. The van der Waals surface area contributed by atoms with E-state index >= 15 is 0 Å². The summed E-state index contributed by atoms with van der Waals surface area (Å²) >= 11 is 0. The lowest BCUT2D eigenvalue weighted by molar-refractivity contribution is 0.411. The molecule has 0 aliphatic rings. The molecule has 0 radical (unpaired) electrons. The molecule has 2 heterocycles. The Kier molecular flexibility index (Phi) is 2.85. The molecule has 0 N–H and O–H groups in total. The maximum absolute atomic E-state index is 13.4. The molecule has 3 rings (SSSR count). The summed E-state index contributed by atoms with van der Waals surface area (Å²) in [6.07, 6.45) is 3.85. The molecule has 0 amide bonds. The standard InChI is InChI=1S/C17H17FN2/c1-17(2,3)20-10-8-14-15(20)7-9-19-16(14)12-5-4-6-13(18)11-12/h4-11H,1-3H3. The third kappa shape index (κ3) is 2.09. The second-order valence-corrected chi connectivity index (χ2v) is 5.96. The van der Waals surface area contributed by atoms with Gasteiger partial charge in [-0.1, -0.05) is 12.1 Å². The van der Waals surface area contributed by atoms with Crippen LogP contribution in [0.5, 0.6) is 0 Å². The summed E-state index contributed by atoms with van der Waals surface area (Å²) in [6.45, 7) is 6.48. The van der Waals surface area contributed by atoms with Crippen LogP contribution in [0.15, 0.2) is 48.8 Å². The summed E-state index contributed by atoms with van der Waals surface area (Å²) in [6, 6.07) is 10.6. The fourth-order valence-electron chi connectivity index (χ4n) is 2.52. The summed E-state index contributed by atoms with van der Waals surface area (Å²) < 4.78 is 15.6. The van der Waals surface area contributed by atoms with E-state index in [2.05, 4.69) is 36.5 Å². The van der Waals surface area contributed by atoms with Gasteiger partial charge in [-0.05, 0) is 45.0 Å². The van der Waals surface area contributed by atoms with Crippen LogP contribution in [0.1, 0.15) is 20.8 Å². The molecule has 0 saturated heterocycles. The van der Waals surface area contributed by atoms with Crippen molar-refractivity contribution in [1.82, 2.24) is 9.55 Å². The zero-order valence-corrected chi connectivity index (χ0v) is 11.9. The normalized spacial score (nSPS) is 12.0. The number of halogens is 1. The first-order valence-electron chi connectivity index (χ1n) is 6.69. The van der Waals surface area contributed by atoms with Crippen LogP contribution in [0.25, 0.3) is 22.2 Å². The van der Waals surface area contributed by atoms with E-state index < -0.39 is 0 Å². The minimum atomic E-state index is -0.239. The topological polar surface area (TPSA) is 17.8 Å². The number of fused-ring (bicyclic) bond motifs is 1. The van der Waals surface area contributed by atoms with Gasteiger partial charge >= 0.3 is 0 Å². The van der Waals surface area contributed by atoms with Gasteiger partial charge in [0, 0.05) is 28.9 Å². The van der Waals surface area contributed by atoms with Gasteiger partial charge in [0.1, 0.15) is 5.82 Å². The second kappa shape index (κ2) is 4.44. The highest BCUT2D eigenvalue weighted by atomic mass is 19.1. The van der Waals surface area contributed by atoms with Crippen molar-refractivity contribution in [3.05, 3.63) is 54.6 Å². The monoisotopic (exact) mass is 268 g/mol. The van der Waals surface area contributed by atoms with Gasteiger partial charge in [-0.25, -0.2) is 4.39 Å². The van der Waals surface area contributed by atoms with Crippen LogP contribution >= 0.6 is 0 Å². The van der Waals surface area contributed by atoms with Gasteiger partial charge in [0.25, 0.3) is 0 Å². The predicted molar refractivity (Wildman–Crippen MR) is 80.1 cm³/mol. The number of aromatic nitrogens is 2. The van der Waals surface area contributed by atoms with Crippen molar-refractivity contribution < 1.29 is 4.39 Å². The van der Waals surface area contributed by atoms with Gasteiger partial charge in [0.2, 0.25) is 0 Å². The molecular formula is C17H17FN2. The molecule has 1 aromatic carbocycles. The lowest BCUT2D eigenvalue weighted by Crippen LogP contribution is -2.20. The molecule has 0 aliphatic heterocycles. The first kappa shape index (κ1) is 12.9. The van der Waals surface area contributed by atoms with Gasteiger partial charge in [0.15, 0.2) is 0 Å². The zero-order valence-electron chi connectivity index (χ0n) is 11.9. The van der Waals surface area contributed by atoms with Crippen molar-refractivity contribution in [2.75, 3.05) is 0 Å². The van der Waals surface area contributed by atoms with Gasteiger partial charge < -0.3 is 4.57 Å². The van der Waals surface area contributed by atoms with E-state index in [1.54, 1.807) is 12.3 Å². The van der Waals surface area contributed by atoms with Gasteiger partial charge in [-0.2, -0.15) is 0 Å². The Morgan fingerprint density at radius 3 is 2.60 bits per heavy atom. The lowest BCUT2D eigenvalue weighted by Gasteiger charge is -2.22. The molecule has 20 heavy (non-hydrogen) atoms. The van der Waals surface area contributed by atoms with Gasteiger partial charge in [-0.3, -0.25) is 4.98 Å².